The molecule has 0 atom stereocenters. The van der Waals surface area contributed by atoms with Crippen molar-refractivity contribution in [3.05, 3.63) is 40.7 Å². The van der Waals surface area contributed by atoms with E-state index in [0.717, 1.165) is 11.3 Å². The number of aromatic nitrogens is 2. The highest BCUT2D eigenvalue weighted by Crippen LogP contribution is 2.28. The molecule has 0 fully saturated rings. The molecule has 0 unspecified atom stereocenters. The summed E-state index contributed by atoms with van der Waals surface area (Å²) in [6.45, 7) is 0. The lowest BCUT2D eigenvalue weighted by atomic mass is 10.3. The Labute approximate surface area is 83.2 Å². The van der Waals surface area contributed by atoms with Gasteiger partial charge in [-0.25, -0.2) is 0 Å². The Morgan fingerprint density at radius 3 is 2.79 bits per heavy atom. The molecule has 2 aromatic rings. The number of nitro groups is 1. The molecule has 6 heteroatoms. The van der Waals surface area contributed by atoms with Crippen LogP contribution in [0.5, 0.6) is 0 Å². The highest BCUT2D eigenvalue weighted by molar-refractivity contribution is 7.18. The maximum absolute atomic E-state index is 10.4. The lowest BCUT2D eigenvalue weighted by molar-refractivity contribution is -0.384. The summed E-state index contributed by atoms with van der Waals surface area (Å²) in [5.74, 6) is 0. The molecule has 0 radical (unpaired) electrons. The highest BCUT2D eigenvalue weighted by Gasteiger charge is 2.14. The van der Waals surface area contributed by atoms with Gasteiger partial charge in [-0.3, -0.25) is 4.98 Å². The van der Waals surface area contributed by atoms with E-state index >= 15 is 0 Å². The fourth-order valence-electron chi connectivity index (χ4n) is 0.976. The van der Waals surface area contributed by atoms with E-state index in [1.807, 2.05) is 6.07 Å². The zero-order valence-corrected chi connectivity index (χ0v) is 7.77. The van der Waals surface area contributed by atoms with Crippen molar-refractivity contribution in [2.24, 2.45) is 0 Å². The molecule has 0 bridgehead atoms. The van der Waals surface area contributed by atoms with Crippen LogP contribution in [0.1, 0.15) is 0 Å². The van der Waals surface area contributed by atoms with E-state index in [4.69, 9.17) is 0 Å². The number of thiazole rings is 1. The maximum Gasteiger partial charge on any atom is 0.423 e. The van der Waals surface area contributed by atoms with Gasteiger partial charge in [0.25, 0.3) is 0 Å². The average Bonchev–Trinajstić information content (AvgIpc) is 2.68. The highest BCUT2D eigenvalue weighted by atomic mass is 32.1. The minimum absolute atomic E-state index is 0.106. The summed E-state index contributed by atoms with van der Waals surface area (Å²) in [6, 6.07) is 5.41. The molecule has 2 aromatic heterocycles. The first kappa shape index (κ1) is 8.76. The Morgan fingerprint density at radius 1 is 1.36 bits per heavy atom. The van der Waals surface area contributed by atoms with Crippen LogP contribution in [0.2, 0.25) is 0 Å². The second-order valence-corrected chi connectivity index (χ2v) is 3.49. The number of nitrogens with zero attached hydrogens (tertiary/aromatic N) is 3. The fraction of sp³-hybridized carbons (Fsp3) is 0. The van der Waals surface area contributed by atoms with Gasteiger partial charge in [-0.15, -0.1) is 0 Å². The van der Waals surface area contributed by atoms with Crippen molar-refractivity contribution in [2.45, 2.75) is 0 Å². The Morgan fingerprint density at radius 2 is 2.21 bits per heavy atom. The number of rotatable bonds is 2. The van der Waals surface area contributed by atoms with Crippen molar-refractivity contribution in [1.82, 2.24) is 9.97 Å². The molecule has 2 rings (SSSR count). The predicted molar refractivity (Wildman–Crippen MR) is 52.0 cm³/mol. The van der Waals surface area contributed by atoms with Gasteiger partial charge in [-0.1, -0.05) is 6.07 Å². The van der Waals surface area contributed by atoms with Gasteiger partial charge in [0, 0.05) is 6.20 Å². The summed E-state index contributed by atoms with van der Waals surface area (Å²) < 4.78 is 0. The molecule has 0 aliphatic carbocycles. The van der Waals surface area contributed by atoms with E-state index in [1.54, 1.807) is 18.3 Å². The van der Waals surface area contributed by atoms with Crippen LogP contribution in [-0.4, -0.2) is 14.9 Å². The smallest absolute Gasteiger partial charge is 0.357 e. The molecule has 14 heavy (non-hydrogen) atoms. The zero-order chi connectivity index (χ0) is 9.97. The fourth-order valence-corrected chi connectivity index (χ4v) is 1.68. The van der Waals surface area contributed by atoms with Crippen LogP contribution < -0.4 is 0 Å². The summed E-state index contributed by atoms with van der Waals surface area (Å²) >= 11 is 1.02. The Hall–Kier alpha value is -1.82. The van der Waals surface area contributed by atoms with Crippen LogP contribution in [0.3, 0.4) is 0 Å². The SMILES string of the molecule is O=[N+]([O-])c1ncc(-c2ccccn2)s1. The third kappa shape index (κ3) is 1.60. The summed E-state index contributed by atoms with van der Waals surface area (Å²) in [5.41, 5.74) is 0.707. The number of hydrogen-bond donors (Lipinski definition) is 0. The summed E-state index contributed by atoms with van der Waals surface area (Å²) in [5, 5.41) is 10.3. The predicted octanol–water partition coefficient (Wildman–Crippen LogP) is 2.11. The molecule has 0 saturated carbocycles. The third-order valence-corrected chi connectivity index (χ3v) is 2.54. The van der Waals surface area contributed by atoms with Crippen molar-refractivity contribution in [3.8, 4) is 10.6 Å². The second-order valence-electron chi connectivity index (χ2n) is 2.48. The third-order valence-electron chi connectivity index (χ3n) is 1.57. The van der Waals surface area contributed by atoms with Crippen molar-refractivity contribution in [2.75, 3.05) is 0 Å². The van der Waals surface area contributed by atoms with Gasteiger partial charge >= 0.3 is 5.13 Å². The van der Waals surface area contributed by atoms with Crippen LogP contribution in [0.4, 0.5) is 5.13 Å². The number of pyridine rings is 1. The standard InChI is InChI=1S/C8H5N3O2S/c12-11(13)8-10-5-7(14-8)6-3-1-2-4-9-6/h1-5H. The largest absolute Gasteiger partial charge is 0.423 e. The van der Waals surface area contributed by atoms with E-state index in [2.05, 4.69) is 9.97 Å². The van der Waals surface area contributed by atoms with Gasteiger partial charge in [0.1, 0.15) is 4.88 Å². The average molecular weight is 207 g/mol. The Balaban J connectivity index is 2.39. The first-order valence-corrected chi connectivity index (χ1v) is 4.60. The van der Waals surface area contributed by atoms with Crippen LogP contribution in [-0.2, 0) is 0 Å². The topological polar surface area (TPSA) is 68.9 Å². The van der Waals surface area contributed by atoms with Crippen molar-refractivity contribution >= 4 is 16.5 Å². The van der Waals surface area contributed by atoms with E-state index < -0.39 is 4.92 Å². The van der Waals surface area contributed by atoms with Gasteiger partial charge in [0.05, 0.1) is 5.69 Å². The maximum atomic E-state index is 10.4. The molecule has 0 N–H and O–H groups in total. The van der Waals surface area contributed by atoms with Crippen molar-refractivity contribution < 1.29 is 4.92 Å². The van der Waals surface area contributed by atoms with Gasteiger partial charge in [-0.2, -0.15) is 0 Å². The Kier molecular flexibility index (Phi) is 2.19. The Bertz CT molecular complexity index is 455. The first-order valence-electron chi connectivity index (χ1n) is 3.79. The molecule has 70 valence electrons. The minimum Gasteiger partial charge on any atom is -0.357 e. The summed E-state index contributed by atoms with van der Waals surface area (Å²) in [4.78, 5) is 18.3. The van der Waals surface area contributed by atoms with Crippen LogP contribution in [0, 0.1) is 10.1 Å². The van der Waals surface area contributed by atoms with Crippen molar-refractivity contribution in [1.29, 1.82) is 0 Å². The van der Waals surface area contributed by atoms with E-state index in [1.165, 1.54) is 6.20 Å². The van der Waals surface area contributed by atoms with Gasteiger partial charge in [0.15, 0.2) is 6.20 Å². The molecule has 0 aromatic carbocycles. The van der Waals surface area contributed by atoms with E-state index in [9.17, 15) is 10.1 Å². The molecule has 0 aliphatic heterocycles. The zero-order valence-electron chi connectivity index (χ0n) is 6.95. The lowest BCUT2D eigenvalue weighted by Crippen LogP contribution is -1.83. The summed E-state index contributed by atoms with van der Waals surface area (Å²) in [7, 11) is 0. The van der Waals surface area contributed by atoms with E-state index in [-0.39, 0.29) is 5.13 Å². The first-order chi connectivity index (χ1) is 6.77. The molecular formula is C8H5N3O2S. The normalized spacial score (nSPS) is 10.0. The molecule has 0 spiro atoms. The molecular weight excluding hydrogens is 202 g/mol. The molecule has 0 aliphatic rings. The molecule has 2 heterocycles. The molecule has 5 nitrogen and oxygen atoms in total. The molecule has 0 saturated heterocycles. The van der Waals surface area contributed by atoms with Crippen LogP contribution >= 0.6 is 11.3 Å². The number of hydrogen-bond acceptors (Lipinski definition) is 5. The lowest BCUT2D eigenvalue weighted by Gasteiger charge is -1.90. The molecule has 0 amide bonds. The van der Waals surface area contributed by atoms with Crippen LogP contribution in [0.15, 0.2) is 30.6 Å². The van der Waals surface area contributed by atoms with E-state index in [0.29, 0.717) is 10.6 Å². The van der Waals surface area contributed by atoms with Gasteiger partial charge < -0.3 is 10.1 Å². The van der Waals surface area contributed by atoms with Crippen LogP contribution in [0.25, 0.3) is 10.6 Å². The monoisotopic (exact) mass is 207 g/mol. The van der Waals surface area contributed by atoms with Gasteiger partial charge in [-0.05, 0) is 33.4 Å². The van der Waals surface area contributed by atoms with Gasteiger partial charge in [0.2, 0.25) is 0 Å². The second kappa shape index (κ2) is 3.51. The quantitative estimate of drug-likeness (QED) is 0.558. The van der Waals surface area contributed by atoms with Crippen molar-refractivity contribution in [3.63, 3.8) is 0 Å². The minimum atomic E-state index is -0.503. The summed E-state index contributed by atoms with van der Waals surface area (Å²) in [6.07, 6.45) is 3.10.